The number of benzene rings is 1. The highest BCUT2D eigenvalue weighted by molar-refractivity contribution is 5.86. The normalized spacial score (nSPS) is 17.3. The lowest BCUT2D eigenvalue weighted by Gasteiger charge is -2.35. The molecule has 8 nitrogen and oxygen atoms in total. The highest BCUT2D eigenvalue weighted by Crippen LogP contribution is 2.26. The number of aromatic amines is 2. The van der Waals surface area contributed by atoms with Crippen molar-refractivity contribution < 1.29 is 9.78 Å². The van der Waals surface area contributed by atoms with Crippen molar-refractivity contribution in [2.45, 2.75) is 26.2 Å². The Morgan fingerprint density at radius 2 is 1.71 bits per heavy atom. The fourth-order valence-corrected chi connectivity index (χ4v) is 4.56. The number of nitrogens with one attached hydrogen (secondary N) is 3. The minimum Gasteiger partial charge on any atom is -0.368 e. The van der Waals surface area contributed by atoms with Crippen molar-refractivity contribution in [1.82, 2.24) is 14.9 Å². The lowest BCUT2D eigenvalue weighted by molar-refractivity contribution is -0.348. The molecule has 162 valence electrons. The van der Waals surface area contributed by atoms with Crippen LogP contribution >= 0.6 is 0 Å². The standard InChI is InChI=1S/C23H29N7O/c1-17(31)28-13-15-29(16-14-28)19-7-5-18(6-8-19)25-23-26-21-20(9-10-24-21)22(27-23)30-11-3-2-4-12-30/h5-10H,2-4,11-16H2,1H3,(H2,24,25,26,27)/p+1. The van der Waals surface area contributed by atoms with Crippen molar-refractivity contribution in [2.75, 3.05) is 54.4 Å². The van der Waals surface area contributed by atoms with Crippen molar-refractivity contribution in [3.05, 3.63) is 36.5 Å². The van der Waals surface area contributed by atoms with E-state index >= 15 is 0 Å². The van der Waals surface area contributed by atoms with Gasteiger partial charge in [0.1, 0.15) is 0 Å². The molecule has 0 aliphatic carbocycles. The molecule has 0 radical (unpaired) electrons. The van der Waals surface area contributed by atoms with Gasteiger partial charge in [0.15, 0.2) is 0 Å². The number of H-pyrrole nitrogens is 2. The van der Waals surface area contributed by atoms with Gasteiger partial charge >= 0.3 is 5.95 Å². The molecule has 2 aliphatic heterocycles. The Hall–Kier alpha value is -3.29. The monoisotopic (exact) mass is 420 g/mol. The van der Waals surface area contributed by atoms with E-state index in [4.69, 9.17) is 4.98 Å². The first-order chi connectivity index (χ1) is 15.2. The topological polar surface area (TPSA) is 81.6 Å². The lowest BCUT2D eigenvalue weighted by Crippen LogP contribution is -2.48. The molecule has 5 rings (SSSR count). The average molecular weight is 421 g/mol. The molecule has 1 aromatic carbocycles. The smallest absolute Gasteiger partial charge is 0.351 e. The number of fused-ring (bicyclic) bond motifs is 1. The first kappa shape index (κ1) is 19.7. The van der Waals surface area contributed by atoms with Gasteiger partial charge in [-0.3, -0.25) is 10.1 Å². The highest BCUT2D eigenvalue weighted by atomic mass is 16.2. The molecule has 0 atom stereocenters. The van der Waals surface area contributed by atoms with Crippen LogP contribution in [0.1, 0.15) is 26.2 Å². The Balaban J connectivity index is 1.31. The number of carbonyl (C=O) groups excluding carboxylic acids is 1. The lowest BCUT2D eigenvalue weighted by atomic mass is 10.1. The third-order valence-electron chi connectivity index (χ3n) is 6.33. The number of carbonyl (C=O) groups is 1. The van der Waals surface area contributed by atoms with E-state index in [9.17, 15) is 4.79 Å². The zero-order valence-electron chi connectivity index (χ0n) is 18.0. The first-order valence-corrected chi connectivity index (χ1v) is 11.2. The molecular formula is C23H30N7O+. The van der Waals surface area contributed by atoms with E-state index in [0.717, 1.165) is 67.8 Å². The number of anilines is 4. The molecule has 31 heavy (non-hydrogen) atoms. The number of rotatable bonds is 4. The van der Waals surface area contributed by atoms with Crippen LogP contribution in [0, 0.1) is 0 Å². The number of hydrogen-bond acceptors (Lipinski definition) is 5. The van der Waals surface area contributed by atoms with Crippen molar-refractivity contribution in [3.8, 4) is 0 Å². The van der Waals surface area contributed by atoms with E-state index < -0.39 is 0 Å². The molecule has 2 saturated heterocycles. The molecule has 2 aromatic heterocycles. The first-order valence-electron chi connectivity index (χ1n) is 11.2. The van der Waals surface area contributed by atoms with Gasteiger partial charge in [0.2, 0.25) is 17.4 Å². The van der Waals surface area contributed by atoms with Crippen LogP contribution in [0.5, 0.6) is 0 Å². The molecule has 4 heterocycles. The van der Waals surface area contributed by atoms with Crippen LogP contribution in [-0.4, -0.2) is 60.0 Å². The summed E-state index contributed by atoms with van der Waals surface area (Å²) in [5, 5.41) is 4.56. The number of piperidine rings is 1. The Bertz CT molecular complexity index is 1050. The van der Waals surface area contributed by atoms with Crippen LogP contribution in [0.3, 0.4) is 0 Å². The average Bonchev–Trinajstić information content (AvgIpc) is 3.28. The van der Waals surface area contributed by atoms with Gasteiger partial charge in [0.05, 0.1) is 24.2 Å². The van der Waals surface area contributed by atoms with Crippen molar-refractivity contribution >= 4 is 40.1 Å². The van der Waals surface area contributed by atoms with Gasteiger partial charge in [-0.2, -0.15) is 0 Å². The van der Waals surface area contributed by atoms with Crippen LogP contribution in [0.15, 0.2) is 36.5 Å². The third-order valence-corrected chi connectivity index (χ3v) is 6.33. The molecule has 3 aromatic rings. The Morgan fingerprint density at radius 1 is 0.968 bits per heavy atom. The Labute approximate surface area is 182 Å². The van der Waals surface area contributed by atoms with E-state index in [1.165, 1.54) is 24.9 Å². The number of amides is 1. The van der Waals surface area contributed by atoms with E-state index in [2.05, 4.69) is 55.4 Å². The molecule has 2 aliphatic rings. The van der Waals surface area contributed by atoms with E-state index in [-0.39, 0.29) is 5.91 Å². The summed E-state index contributed by atoms with van der Waals surface area (Å²) in [5.74, 6) is 2.03. The zero-order valence-corrected chi connectivity index (χ0v) is 18.0. The quantitative estimate of drug-likeness (QED) is 0.678. The summed E-state index contributed by atoms with van der Waals surface area (Å²) in [6.07, 6.45) is 5.71. The van der Waals surface area contributed by atoms with Crippen LogP contribution in [0.25, 0.3) is 11.0 Å². The largest absolute Gasteiger partial charge is 0.368 e. The van der Waals surface area contributed by atoms with E-state index in [1.54, 1.807) is 6.92 Å². The summed E-state index contributed by atoms with van der Waals surface area (Å²) in [7, 11) is 0. The number of piperazine rings is 1. The van der Waals surface area contributed by atoms with Gasteiger partial charge in [0.25, 0.3) is 0 Å². The molecule has 0 bridgehead atoms. The molecule has 0 unspecified atom stereocenters. The summed E-state index contributed by atoms with van der Waals surface area (Å²) < 4.78 is 0. The molecule has 1 amide bonds. The van der Waals surface area contributed by atoms with E-state index in [1.807, 2.05) is 11.1 Å². The maximum Gasteiger partial charge on any atom is 0.351 e. The summed E-state index contributed by atoms with van der Waals surface area (Å²) in [5.41, 5.74) is 3.06. The number of aromatic nitrogens is 3. The summed E-state index contributed by atoms with van der Waals surface area (Å²) in [6.45, 7) is 7.09. The van der Waals surface area contributed by atoms with Crippen LogP contribution < -0.4 is 20.1 Å². The maximum atomic E-state index is 11.5. The fourth-order valence-electron chi connectivity index (χ4n) is 4.56. The number of hydrogen-bond donors (Lipinski definition) is 2. The van der Waals surface area contributed by atoms with Crippen LogP contribution in [-0.2, 0) is 4.79 Å². The van der Waals surface area contributed by atoms with Crippen LogP contribution in [0.4, 0.5) is 23.1 Å². The number of nitrogens with zero attached hydrogens (tertiary/aromatic N) is 4. The Kier molecular flexibility index (Phi) is 5.36. The summed E-state index contributed by atoms with van der Waals surface area (Å²) >= 11 is 0. The van der Waals surface area contributed by atoms with Crippen LogP contribution in [0.2, 0.25) is 0 Å². The molecular weight excluding hydrogens is 390 g/mol. The Morgan fingerprint density at radius 3 is 2.42 bits per heavy atom. The summed E-state index contributed by atoms with van der Waals surface area (Å²) in [6, 6.07) is 10.5. The second kappa shape index (κ2) is 8.45. The third kappa shape index (κ3) is 4.15. The minimum absolute atomic E-state index is 0.158. The van der Waals surface area contributed by atoms with Crippen molar-refractivity contribution in [3.63, 3.8) is 0 Å². The SMILES string of the molecule is CC(=O)N1CCN(c2ccc(Nc3nc4[nH]ccc4c(N4CCCCC4)[nH+]3)cc2)CC1. The van der Waals surface area contributed by atoms with Gasteiger partial charge in [-0.1, -0.05) is 4.98 Å². The highest BCUT2D eigenvalue weighted by Gasteiger charge is 2.22. The fraction of sp³-hybridized carbons (Fsp3) is 0.435. The maximum absolute atomic E-state index is 11.5. The van der Waals surface area contributed by atoms with Crippen molar-refractivity contribution in [2.24, 2.45) is 0 Å². The molecule has 0 saturated carbocycles. The van der Waals surface area contributed by atoms with Gasteiger partial charge in [-0.05, 0) is 49.6 Å². The minimum atomic E-state index is 0.158. The molecule has 2 fully saturated rings. The van der Waals surface area contributed by atoms with Gasteiger partial charge < -0.3 is 19.7 Å². The van der Waals surface area contributed by atoms with Gasteiger partial charge in [-0.25, -0.2) is 4.98 Å². The van der Waals surface area contributed by atoms with Gasteiger partial charge in [0, 0.05) is 45.0 Å². The van der Waals surface area contributed by atoms with Crippen molar-refractivity contribution in [1.29, 1.82) is 0 Å². The zero-order chi connectivity index (χ0) is 21.2. The predicted octanol–water partition coefficient (Wildman–Crippen LogP) is 2.78. The van der Waals surface area contributed by atoms with E-state index in [0.29, 0.717) is 0 Å². The van der Waals surface area contributed by atoms with Gasteiger partial charge in [-0.15, -0.1) is 0 Å². The molecule has 0 spiro atoms. The predicted molar refractivity (Wildman–Crippen MR) is 123 cm³/mol. The second-order valence-electron chi connectivity index (χ2n) is 8.39. The molecule has 8 heteroatoms. The summed E-state index contributed by atoms with van der Waals surface area (Å²) in [4.78, 5) is 29.7. The second-order valence-corrected chi connectivity index (χ2v) is 8.39. The molecule has 3 N–H and O–H groups in total.